The van der Waals surface area contributed by atoms with Crippen molar-refractivity contribution in [3.05, 3.63) is 0 Å². The Balaban J connectivity index is 2.07. The molecule has 0 radical (unpaired) electrons. The third-order valence-electron chi connectivity index (χ3n) is 2.14. The van der Waals surface area contributed by atoms with Gasteiger partial charge >= 0.3 is 0 Å². The van der Waals surface area contributed by atoms with Crippen LogP contribution in [0.4, 0.5) is 0 Å². The van der Waals surface area contributed by atoms with Gasteiger partial charge in [0.15, 0.2) is 0 Å². The average molecular weight is 156 g/mol. The van der Waals surface area contributed by atoms with E-state index >= 15 is 0 Å². The lowest BCUT2D eigenvalue weighted by molar-refractivity contribution is 0.521. The summed E-state index contributed by atoms with van der Waals surface area (Å²) >= 11 is 0. The molecule has 3 atom stereocenters. The van der Waals surface area contributed by atoms with Gasteiger partial charge in [0.1, 0.15) is 0 Å². The van der Waals surface area contributed by atoms with Gasteiger partial charge in [0.2, 0.25) is 0 Å². The van der Waals surface area contributed by atoms with E-state index in [0.29, 0.717) is 12.1 Å². The maximum Gasteiger partial charge on any atom is 0.0102 e. The Morgan fingerprint density at radius 3 is 2.55 bits per heavy atom. The highest BCUT2D eigenvalue weighted by Crippen LogP contribution is 2.34. The maximum absolute atomic E-state index is 5.70. The van der Waals surface area contributed by atoms with Crippen LogP contribution >= 0.6 is 0 Å². The predicted molar refractivity (Wildman–Crippen MR) is 48.4 cm³/mol. The van der Waals surface area contributed by atoms with Crippen molar-refractivity contribution in [2.45, 2.75) is 51.7 Å². The Kier molecular flexibility index (Phi) is 2.90. The van der Waals surface area contributed by atoms with Crippen molar-refractivity contribution in [1.82, 2.24) is 5.32 Å². The molecule has 0 aromatic rings. The minimum Gasteiger partial charge on any atom is -0.328 e. The quantitative estimate of drug-likeness (QED) is 0.640. The summed E-state index contributed by atoms with van der Waals surface area (Å²) in [7, 11) is 0. The molecule has 1 fully saturated rings. The number of nitrogens with two attached hydrogens (primary N) is 1. The minimum atomic E-state index is 0.374. The van der Waals surface area contributed by atoms with Gasteiger partial charge in [-0.15, -0.1) is 0 Å². The normalized spacial score (nSPS) is 32.5. The van der Waals surface area contributed by atoms with Gasteiger partial charge in [-0.1, -0.05) is 13.8 Å². The van der Waals surface area contributed by atoms with Gasteiger partial charge in [-0.05, 0) is 25.7 Å². The Bertz CT molecular complexity index is 107. The molecule has 1 aliphatic rings. The van der Waals surface area contributed by atoms with Crippen LogP contribution in [-0.4, -0.2) is 18.1 Å². The lowest BCUT2D eigenvalue weighted by Crippen LogP contribution is -2.27. The molecule has 0 heterocycles. The van der Waals surface area contributed by atoms with Crippen LogP contribution in [0.2, 0.25) is 0 Å². The molecule has 2 nitrogen and oxygen atoms in total. The Labute approximate surface area is 69.5 Å². The zero-order chi connectivity index (χ0) is 8.43. The van der Waals surface area contributed by atoms with Gasteiger partial charge in [-0.2, -0.15) is 0 Å². The molecular formula is C9H20N2. The van der Waals surface area contributed by atoms with E-state index in [4.69, 9.17) is 5.73 Å². The lowest BCUT2D eigenvalue weighted by Gasteiger charge is -2.08. The highest BCUT2D eigenvalue weighted by molar-refractivity contribution is 4.94. The molecular weight excluding hydrogens is 136 g/mol. The molecule has 0 spiro atoms. The molecule has 1 aliphatic carbocycles. The molecule has 0 aromatic heterocycles. The highest BCUT2D eigenvalue weighted by atomic mass is 15.0. The van der Waals surface area contributed by atoms with Crippen LogP contribution < -0.4 is 11.1 Å². The summed E-state index contributed by atoms with van der Waals surface area (Å²) in [5.41, 5.74) is 5.70. The second-order valence-corrected chi connectivity index (χ2v) is 4.14. The zero-order valence-corrected chi connectivity index (χ0v) is 7.80. The van der Waals surface area contributed by atoms with E-state index in [0.717, 1.165) is 12.0 Å². The van der Waals surface area contributed by atoms with Crippen molar-refractivity contribution in [1.29, 1.82) is 0 Å². The Morgan fingerprint density at radius 2 is 2.09 bits per heavy atom. The minimum absolute atomic E-state index is 0.374. The summed E-state index contributed by atoms with van der Waals surface area (Å²) in [6.07, 6.45) is 2.52. The second-order valence-electron chi connectivity index (χ2n) is 4.14. The van der Waals surface area contributed by atoms with Crippen LogP contribution in [0.1, 0.15) is 33.6 Å². The van der Waals surface area contributed by atoms with Gasteiger partial charge in [0.05, 0.1) is 0 Å². The van der Waals surface area contributed by atoms with E-state index < -0.39 is 0 Å². The largest absolute Gasteiger partial charge is 0.328 e. The third-order valence-corrected chi connectivity index (χ3v) is 2.14. The summed E-state index contributed by atoms with van der Waals surface area (Å²) < 4.78 is 0. The SMILES string of the molecule is CC(N)CC1CC1NC(C)C. The molecule has 0 amide bonds. The molecule has 0 aromatic carbocycles. The first-order valence-corrected chi connectivity index (χ1v) is 4.61. The second kappa shape index (κ2) is 3.55. The van der Waals surface area contributed by atoms with Gasteiger partial charge in [0, 0.05) is 18.1 Å². The number of hydrogen-bond acceptors (Lipinski definition) is 2. The van der Waals surface area contributed by atoms with E-state index in [9.17, 15) is 0 Å². The van der Waals surface area contributed by atoms with E-state index in [-0.39, 0.29) is 0 Å². The summed E-state index contributed by atoms with van der Waals surface area (Å²) in [4.78, 5) is 0. The fourth-order valence-corrected chi connectivity index (χ4v) is 1.62. The molecule has 2 heteroatoms. The van der Waals surface area contributed by atoms with Crippen molar-refractivity contribution >= 4 is 0 Å². The number of hydrogen-bond donors (Lipinski definition) is 2. The van der Waals surface area contributed by atoms with Crippen LogP contribution in [0.3, 0.4) is 0 Å². The first-order chi connectivity index (χ1) is 5.09. The van der Waals surface area contributed by atoms with Gasteiger partial charge < -0.3 is 11.1 Å². The number of rotatable bonds is 4. The maximum atomic E-state index is 5.70. The fraction of sp³-hybridized carbons (Fsp3) is 1.00. The molecule has 3 unspecified atom stereocenters. The van der Waals surface area contributed by atoms with Crippen molar-refractivity contribution < 1.29 is 0 Å². The predicted octanol–water partition coefficient (Wildman–Crippen LogP) is 1.11. The van der Waals surface area contributed by atoms with E-state index in [1.807, 2.05) is 0 Å². The van der Waals surface area contributed by atoms with Crippen LogP contribution in [0, 0.1) is 5.92 Å². The first-order valence-electron chi connectivity index (χ1n) is 4.61. The molecule has 11 heavy (non-hydrogen) atoms. The molecule has 1 saturated carbocycles. The molecule has 0 bridgehead atoms. The number of nitrogens with one attached hydrogen (secondary N) is 1. The summed E-state index contributed by atoms with van der Waals surface area (Å²) in [6.45, 7) is 6.48. The topological polar surface area (TPSA) is 38.0 Å². The third kappa shape index (κ3) is 3.21. The smallest absolute Gasteiger partial charge is 0.0102 e. The first kappa shape index (κ1) is 9.01. The van der Waals surface area contributed by atoms with Gasteiger partial charge in [-0.3, -0.25) is 0 Å². The Morgan fingerprint density at radius 1 is 1.45 bits per heavy atom. The monoisotopic (exact) mass is 156 g/mol. The van der Waals surface area contributed by atoms with Crippen molar-refractivity contribution in [2.24, 2.45) is 11.7 Å². The standard InChI is InChI=1S/C9H20N2/c1-6(2)11-9-5-8(9)4-7(3)10/h6-9,11H,4-5,10H2,1-3H3. The van der Waals surface area contributed by atoms with Crippen LogP contribution in [-0.2, 0) is 0 Å². The summed E-state index contributed by atoms with van der Waals surface area (Å²) in [6, 6.07) is 1.76. The highest BCUT2D eigenvalue weighted by Gasteiger charge is 2.37. The molecule has 0 saturated heterocycles. The lowest BCUT2D eigenvalue weighted by atomic mass is 10.2. The van der Waals surface area contributed by atoms with Crippen molar-refractivity contribution in [2.75, 3.05) is 0 Å². The van der Waals surface area contributed by atoms with Crippen LogP contribution in [0.5, 0.6) is 0 Å². The fourth-order valence-electron chi connectivity index (χ4n) is 1.62. The van der Waals surface area contributed by atoms with Gasteiger partial charge in [0.25, 0.3) is 0 Å². The van der Waals surface area contributed by atoms with E-state index in [2.05, 4.69) is 26.1 Å². The van der Waals surface area contributed by atoms with Crippen LogP contribution in [0.15, 0.2) is 0 Å². The molecule has 3 N–H and O–H groups in total. The van der Waals surface area contributed by atoms with Gasteiger partial charge in [-0.25, -0.2) is 0 Å². The molecule has 1 rings (SSSR count). The Hall–Kier alpha value is -0.0800. The zero-order valence-electron chi connectivity index (χ0n) is 7.80. The molecule has 66 valence electrons. The summed E-state index contributed by atoms with van der Waals surface area (Å²) in [5, 5.41) is 3.52. The summed E-state index contributed by atoms with van der Waals surface area (Å²) in [5.74, 6) is 0.859. The van der Waals surface area contributed by atoms with Crippen molar-refractivity contribution in [3.63, 3.8) is 0 Å². The van der Waals surface area contributed by atoms with E-state index in [1.54, 1.807) is 0 Å². The van der Waals surface area contributed by atoms with E-state index in [1.165, 1.54) is 12.8 Å². The van der Waals surface area contributed by atoms with Crippen LogP contribution in [0.25, 0.3) is 0 Å². The molecule has 0 aliphatic heterocycles. The van der Waals surface area contributed by atoms with Crippen molar-refractivity contribution in [3.8, 4) is 0 Å². The average Bonchev–Trinajstić information content (AvgIpc) is 2.43.